The molecule has 0 aromatic carbocycles. The van der Waals surface area contributed by atoms with Gasteiger partial charge in [-0.2, -0.15) is 0 Å². The van der Waals surface area contributed by atoms with Crippen molar-refractivity contribution in [2.45, 2.75) is 0 Å². The van der Waals surface area contributed by atoms with Gasteiger partial charge < -0.3 is 20.4 Å². The van der Waals surface area contributed by atoms with Crippen molar-refractivity contribution in [1.82, 2.24) is 20.4 Å². The van der Waals surface area contributed by atoms with Gasteiger partial charge in [-0.15, -0.1) is 0 Å². The van der Waals surface area contributed by atoms with Crippen LogP contribution < -0.4 is 10.6 Å². The molecule has 0 aromatic heterocycles. The van der Waals surface area contributed by atoms with Crippen molar-refractivity contribution in [1.29, 1.82) is 10.8 Å². The monoisotopic (exact) mass is 340 g/mol. The van der Waals surface area contributed by atoms with Gasteiger partial charge in [-0.1, -0.05) is 24.4 Å². The Morgan fingerprint density at radius 1 is 0.909 bits per heavy atom. The molecule has 0 saturated carbocycles. The second kappa shape index (κ2) is 4.78. The zero-order chi connectivity index (χ0) is 17.0. The third-order valence-corrected chi connectivity index (χ3v) is 5.49. The lowest BCUT2D eigenvalue weighted by Gasteiger charge is -2.32. The number of fused-ring (bicyclic) bond motifs is 1. The van der Waals surface area contributed by atoms with Gasteiger partial charge in [-0.25, -0.2) is 0 Å². The van der Waals surface area contributed by atoms with E-state index in [9.17, 15) is 9.59 Å². The molecule has 0 radical (unpaired) electrons. The van der Waals surface area contributed by atoms with E-state index in [0.29, 0.717) is 0 Å². The first kappa shape index (κ1) is 16.4. The Morgan fingerprint density at radius 2 is 1.18 bits per heavy atom. The molecule has 0 aliphatic carbocycles. The van der Waals surface area contributed by atoms with Crippen LogP contribution >= 0.6 is 24.4 Å². The van der Waals surface area contributed by atoms with E-state index in [1.54, 1.807) is 0 Å². The van der Waals surface area contributed by atoms with E-state index in [1.807, 2.05) is 0 Å². The Kier molecular flexibility index (Phi) is 3.57. The first-order valence-electron chi connectivity index (χ1n) is 6.36. The van der Waals surface area contributed by atoms with Crippen molar-refractivity contribution in [3.63, 3.8) is 0 Å². The molecule has 2 amide bonds. The van der Waals surface area contributed by atoms with E-state index in [4.69, 9.17) is 35.3 Å². The van der Waals surface area contributed by atoms with E-state index in [-0.39, 0.29) is 21.6 Å². The highest BCUT2D eigenvalue weighted by molar-refractivity contribution is 7.81. The number of carbonyl (C=O) groups excluding carboxylic acids is 2. The summed E-state index contributed by atoms with van der Waals surface area (Å²) in [4.78, 5) is 28.0. The normalized spacial score (nSPS) is 30.7. The topological polar surface area (TPSA) is 112 Å². The standard InChI is InChI=1S/C12H16N6O2S2/c1-15-7(19)11-5(13)17(3)10(22)12(11,8(20)16-2)6(14)18(4)9(11)21/h13-14H,1-4H3,(H,15,19)(H,16,20)/t11-,12-/m0/s1. The van der Waals surface area contributed by atoms with Crippen LogP contribution in [-0.4, -0.2) is 71.5 Å². The van der Waals surface area contributed by atoms with Crippen LogP contribution in [0.15, 0.2) is 0 Å². The van der Waals surface area contributed by atoms with Crippen molar-refractivity contribution in [2.24, 2.45) is 10.8 Å². The predicted octanol–water partition coefficient (Wildman–Crippen LogP) is -1.05. The second-order valence-electron chi connectivity index (χ2n) is 5.08. The highest BCUT2D eigenvalue weighted by Crippen LogP contribution is 2.56. The lowest BCUT2D eigenvalue weighted by Crippen LogP contribution is -2.61. The Balaban J connectivity index is 2.98. The fourth-order valence-corrected chi connectivity index (χ4v) is 4.08. The Hall–Kier alpha value is -1.94. The average molecular weight is 340 g/mol. The van der Waals surface area contributed by atoms with Gasteiger partial charge in [0.2, 0.25) is 11.8 Å². The summed E-state index contributed by atoms with van der Waals surface area (Å²) in [7, 11) is 5.78. The summed E-state index contributed by atoms with van der Waals surface area (Å²) in [5, 5.41) is 21.7. The maximum Gasteiger partial charge on any atom is 0.242 e. The SMILES string of the molecule is CNC(=O)[C@]12C(=N)N(C)C(=S)[C@@]1(C(=O)NC)C(=N)N(C)C2=S. The number of amidine groups is 2. The van der Waals surface area contributed by atoms with E-state index in [1.165, 1.54) is 38.0 Å². The van der Waals surface area contributed by atoms with Gasteiger partial charge in [0.25, 0.3) is 0 Å². The minimum atomic E-state index is -1.82. The minimum Gasteiger partial charge on any atom is -0.358 e. The molecule has 2 atom stereocenters. The van der Waals surface area contributed by atoms with Crippen molar-refractivity contribution >= 4 is 57.9 Å². The lowest BCUT2D eigenvalue weighted by atomic mass is 9.65. The summed E-state index contributed by atoms with van der Waals surface area (Å²) in [6.07, 6.45) is 0. The van der Waals surface area contributed by atoms with Crippen molar-refractivity contribution in [3.05, 3.63) is 0 Å². The predicted molar refractivity (Wildman–Crippen MR) is 89.2 cm³/mol. The van der Waals surface area contributed by atoms with Crippen molar-refractivity contribution in [2.75, 3.05) is 28.2 Å². The Labute approximate surface area is 138 Å². The maximum absolute atomic E-state index is 12.7. The molecule has 0 spiro atoms. The Morgan fingerprint density at radius 3 is 1.41 bits per heavy atom. The molecule has 118 valence electrons. The molecule has 10 heteroatoms. The molecule has 2 saturated heterocycles. The van der Waals surface area contributed by atoms with Gasteiger partial charge in [0.05, 0.1) is 0 Å². The zero-order valence-corrected chi connectivity index (χ0v) is 14.2. The first-order chi connectivity index (χ1) is 10.2. The van der Waals surface area contributed by atoms with E-state index in [2.05, 4.69) is 10.6 Å². The molecule has 22 heavy (non-hydrogen) atoms. The molecular weight excluding hydrogens is 324 g/mol. The molecule has 2 fully saturated rings. The van der Waals surface area contributed by atoms with Gasteiger partial charge in [0, 0.05) is 28.2 Å². The van der Waals surface area contributed by atoms with E-state index >= 15 is 0 Å². The molecule has 0 unspecified atom stereocenters. The molecule has 8 nitrogen and oxygen atoms in total. The summed E-state index contributed by atoms with van der Waals surface area (Å²) in [6, 6.07) is 0. The maximum atomic E-state index is 12.7. The number of nitrogens with one attached hydrogen (secondary N) is 4. The third-order valence-electron chi connectivity index (χ3n) is 4.33. The van der Waals surface area contributed by atoms with Crippen LogP contribution in [0, 0.1) is 21.6 Å². The highest BCUT2D eigenvalue weighted by Gasteiger charge is 2.81. The number of likely N-dealkylation sites (tertiary alicyclic amines) is 2. The van der Waals surface area contributed by atoms with Gasteiger partial charge in [-0.05, 0) is 0 Å². The number of amides is 2. The molecule has 2 aliphatic heterocycles. The number of nitrogens with zero attached hydrogens (tertiary/aromatic N) is 2. The van der Waals surface area contributed by atoms with Crippen LogP contribution in [0.1, 0.15) is 0 Å². The lowest BCUT2D eigenvalue weighted by molar-refractivity contribution is -0.133. The number of thiocarbonyl (C=S) groups is 2. The summed E-state index contributed by atoms with van der Waals surface area (Å²) in [6.45, 7) is 0. The number of rotatable bonds is 2. The summed E-state index contributed by atoms with van der Waals surface area (Å²) < 4.78 is 0. The fourth-order valence-electron chi connectivity index (χ4n) is 3.21. The van der Waals surface area contributed by atoms with Crippen molar-refractivity contribution in [3.8, 4) is 0 Å². The number of hydrogen-bond acceptors (Lipinski definition) is 6. The summed E-state index contributed by atoms with van der Waals surface area (Å²) >= 11 is 10.7. The smallest absolute Gasteiger partial charge is 0.242 e. The second-order valence-corrected chi connectivity index (χ2v) is 5.86. The van der Waals surface area contributed by atoms with Gasteiger partial charge in [-0.3, -0.25) is 20.4 Å². The highest BCUT2D eigenvalue weighted by atomic mass is 32.1. The van der Waals surface area contributed by atoms with Crippen LogP contribution in [0.2, 0.25) is 0 Å². The number of carbonyl (C=O) groups is 2. The largest absolute Gasteiger partial charge is 0.358 e. The summed E-state index contributed by atoms with van der Waals surface area (Å²) in [5.74, 6) is -1.68. The molecule has 0 aromatic rings. The zero-order valence-electron chi connectivity index (χ0n) is 12.5. The van der Waals surface area contributed by atoms with Crippen LogP contribution in [0.25, 0.3) is 0 Å². The van der Waals surface area contributed by atoms with Crippen LogP contribution in [0.4, 0.5) is 0 Å². The van der Waals surface area contributed by atoms with Gasteiger partial charge >= 0.3 is 0 Å². The fraction of sp³-hybridized carbons (Fsp3) is 0.500. The van der Waals surface area contributed by atoms with Crippen LogP contribution in [-0.2, 0) is 9.59 Å². The molecule has 2 heterocycles. The van der Waals surface area contributed by atoms with Crippen LogP contribution in [0.5, 0.6) is 0 Å². The number of hydrogen-bond donors (Lipinski definition) is 4. The van der Waals surface area contributed by atoms with Crippen LogP contribution in [0.3, 0.4) is 0 Å². The first-order valence-corrected chi connectivity index (χ1v) is 7.17. The van der Waals surface area contributed by atoms with E-state index in [0.717, 1.165) is 0 Å². The van der Waals surface area contributed by atoms with Gasteiger partial charge in [0.15, 0.2) is 10.8 Å². The average Bonchev–Trinajstić information content (AvgIpc) is 2.81. The van der Waals surface area contributed by atoms with Crippen molar-refractivity contribution < 1.29 is 9.59 Å². The molecule has 4 N–H and O–H groups in total. The quantitative estimate of drug-likeness (QED) is 0.477. The molecule has 2 rings (SSSR count). The molecule has 0 bridgehead atoms. The summed E-state index contributed by atoms with van der Waals surface area (Å²) in [5.41, 5.74) is -3.65. The minimum absolute atomic E-state index is 0.0113. The molecular formula is C12H16N6O2S2. The third kappa shape index (κ3) is 1.32. The molecule has 2 aliphatic rings. The Bertz CT molecular complexity index is 570. The van der Waals surface area contributed by atoms with Gasteiger partial charge in [0.1, 0.15) is 21.6 Å². The van der Waals surface area contributed by atoms with E-state index < -0.39 is 22.6 Å².